The predicted octanol–water partition coefficient (Wildman–Crippen LogP) is 10.7. The van der Waals surface area contributed by atoms with Gasteiger partial charge in [-0.15, -0.1) is 0 Å². The number of nitrogens with zero attached hydrogens (tertiary/aromatic N) is 3. The van der Waals surface area contributed by atoms with Crippen LogP contribution in [0.2, 0.25) is 0 Å². The molecule has 0 saturated carbocycles. The van der Waals surface area contributed by atoms with Crippen LogP contribution in [-0.2, 0) is 0 Å². The molecule has 9 aromatic rings. The van der Waals surface area contributed by atoms with Gasteiger partial charge in [-0.2, -0.15) is 0 Å². The minimum Gasteiger partial charge on any atom is -0.456 e. The molecular formula is C41H25N3O. The van der Waals surface area contributed by atoms with Gasteiger partial charge in [0.05, 0.1) is 32.9 Å². The Morgan fingerprint density at radius 2 is 1.02 bits per heavy atom. The molecular weight excluding hydrogens is 550 g/mol. The first-order chi connectivity index (χ1) is 32.3. The van der Waals surface area contributed by atoms with E-state index in [1.807, 2.05) is 0 Å². The summed E-state index contributed by atoms with van der Waals surface area (Å²) < 4.78 is 215. The van der Waals surface area contributed by atoms with Crippen LogP contribution >= 0.6 is 0 Å². The van der Waals surface area contributed by atoms with Crippen molar-refractivity contribution < 1.29 is 37.3 Å². The van der Waals surface area contributed by atoms with Crippen molar-refractivity contribution in [3.8, 4) is 45.3 Å². The maximum Gasteiger partial charge on any atom is 0.164 e. The number of aromatic nitrogens is 3. The maximum absolute atomic E-state index is 9.28. The Kier molecular flexibility index (Phi) is 2.53. The SMILES string of the molecule is [2H]c1cc2c([2H])c([2H])c(-c3nc(-c4c([2H])c([2H])c(-c5c([2H])c([2H])c6c([2H])c([2H])c([2H])c([2H])c6c5[2H])c([2H])c4[2H])nc(-c4c([2H])c([2H])c([2H])c5oc6c([2H])c([2H])c([2H])c([2H])c6c45)n3)c([2H])c2c([2H])c1[2H]. The molecule has 0 aliphatic rings. The summed E-state index contributed by atoms with van der Waals surface area (Å²) in [6, 6.07) is -17.9. The Bertz CT molecular complexity index is 3880. The summed E-state index contributed by atoms with van der Waals surface area (Å²) in [6.07, 6.45) is 0. The molecule has 45 heavy (non-hydrogen) atoms. The van der Waals surface area contributed by atoms with E-state index in [-0.39, 0.29) is 5.39 Å². The second-order valence-electron chi connectivity index (χ2n) is 9.39. The van der Waals surface area contributed by atoms with Crippen molar-refractivity contribution in [3.63, 3.8) is 0 Å². The topological polar surface area (TPSA) is 51.8 Å². The summed E-state index contributed by atoms with van der Waals surface area (Å²) in [5.74, 6) is -2.35. The first-order valence-electron chi connectivity index (χ1n) is 25.1. The number of para-hydroxylation sites is 1. The standard InChI is InChI=1S/C41H25N3O/c1-3-10-30-24-32(22-18-26(30)8-1)28-16-20-29(21-17-28)39-42-40(33-23-19-27-9-2-4-11-31(27)25-33)44-41(43-39)35-13-7-15-37-38(35)34-12-5-6-14-36(34)45-37/h1-25H/i1D,2D,3D,4D,5D,6D,7D,8D,10D,11D,12D,13D,14D,15D,16D,17D,18D,19D,20D,21D,22D,23D,24D,25D. The molecule has 4 heteroatoms. The highest BCUT2D eigenvalue weighted by Crippen LogP contribution is 2.37. The Labute approximate surface area is 293 Å². The fourth-order valence-electron chi connectivity index (χ4n) is 4.64. The second-order valence-corrected chi connectivity index (χ2v) is 9.39. The molecule has 7 aromatic carbocycles. The van der Waals surface area contributed by atoms with Gasteiger partial charge in [0, 0.05) is 27.5 Å². The van der Waals surface area contributed by atoms with E-state index in [2.05, 4.69) is 15.0 Å². The molecule has 2 heterocycles. The molecule has 2 aromatic heterocycles. The summed E-state index contributed by atoms with van der Waals surface area (Å²) in [7, 11) is 0. The van der Waals surface area contributed by atoms with Crippen molar-refractivity contribution in [3.05, 3.63) is 151 Å². The average Bonchev–Trinajstić information content (AvgIpc) is 3.71. The van der Waals surface area contributed by atoms with E-state index in [4.69, 9.17) is 30.5 Å². The fourth-order valence-corrected chi connectivity index (χ4v) is 4.64. The second kappa shape index (κ2) is 10.2. The van der Waals surface area contributed by atoms with Crippen LogP contribution in [0.1, 0.15) is 32.9 Å². The first-order valence-corrected chi connectivity index (χ1v) is 13.1. The van der Waals surface area contributed by atoms with E-state index >= 15 is 0 Å². The Balaban J connectivity index is 1.44. The lowest BCUT2D eigenvalue weighted by Gasteiger charge is -2.10. The molecule has 0 aliphatic carbocycles. The molecule has 0 unspecified atom stereocenters. The van der Waals surface area contributed by atoms with Gasteiger partial charge in [0.1, 0.15) is 11.2 Å². The minimum atomic E-state index is -0.997. The zero-order valence-electron chi connectivity index (χ0n) is 46.3. The quantitative estimate of drug-likeness (QED) is 0.202. The van der Waals surface area contributed by atoms with Crippen LogP contribution in [0.3, 0.4) is 0 Å². The van der Waals surface area contributed by atoms with Gasteiger partial charge < -0.3 is 4.42 Å². The van der Waals surface area contributed by atoms with Crippen molar-refractivity contribution in [1.29, 1.82) is 0 Å². The van der Waals surface area contributed by atoms with Gasteiger partial charge in [0.2, 0.25) is 0 Å². The molecule has 0 atom stereocenters. The minimum absolute atomic E-state index is 0.244. The molecule has 210 valence electrons. The number of fused-ring (bicyclic) bond motifs is 5. The normalized spacial score (nSPS) is 19.0. The molecule has 0 saturated heterocycles. The van der Waals surface area contributed by atoms with E-state index in [1.54, 1.807) is 0 Å². The van der Waals surface area contributed by atoms with E-state index in [0.29, 0.717) is 0 Å². The van der Waals surface area contributed by atoms with Crippen molar-refractivity contribution in [1.82, 2.24) is 15.0 Å². The summed E-state index contributed by atoms with van der Waals surface area (Å²) in [5, 5.41) is -2.49. The van der Waals surface area contributed by atoms with Crippen LogP contribution < -0.4 is 0 Å². The summed E-state index contributed by atoms with van der Waals surface area (Å²) >= 11 is 0. The lowest BCUT2D eigenvalue weighted by molar-refractivity contribution is 0.669. The summed E-state index contributed by atoms with van der Waals surface area (Å²) in [5.41, 5.74) is -4.51. The smallest absolute Gasteiger partial charge is 0.164 e. The highest BCUT2D eigenvalue weighted by molar-refractivity contribution is 6.11. The first kappa shape index (κ1) is 11.1. The van der Waals surface area contributed by atoms with Gasteiger partial charge in [0.25, 0.3) is 0 Å². The number of hydrogen-bond donors (Lipinski definition) is 0. The maximum atomic E-state index is 9.28. The van der Waals surface area contributed by atoms with E-state index in [0.717, 1.165) is 6.07 Å². The summed E-state index contributed by atoms with van der Waals surface area (Å²) in [6.45, 7) is 0. The Morgan fingerprint density at radius 3 is 1.91 bits per heavy atom. The molecule has 0 N–H and O–H groups in total. The third kappa shape index (κ3) is 4.43. The number of furan rings is 1. The molecule has 0 spiro atoms. The van der Waals surface area contributed by atoms with Gasteiger partial charge in [0.15, 0.2) is 17.5 Å². The molecule has 0 amide bonds. The van der Waals surface area contributed by atoms with Gasteiger partial charge in [-0.05, 0) is 56.8 Å². The largest absolute Gasteiger partial charge is 0.456 e. The van der Waals surface area contributed by atoms with Crippen LogP contribution in [0.25, 0.3) is 88.8 Å². The van der Waals surface area contributed by atoms with Crippen LogP contribution in [0.5, 0.6) is 0 Å². The molecule has 9 rings (SSSR count). The number of hydrogen-bond acceptors (Lipinski definition) is 4. The van der Waals surface area contributed by atoms with Gasteiger partial charge >= 0.3 is 0 Å². The van der Waals surface area contributed by atoms with Crippen molar-refractivity contribution in [2.75, 3.05) is 0 Å². The van der Waals surface area contributed by atoms with Gasteiger partial charge in [-0.25, -0.2) is 15.0 Å². The average molecular weight is 600 g/mol. The van der Waals surface area contributed by atoms with Crippen LogP contribution in [0.4, 0.5) is 0 Å². The highest BCUT2D eigenvalue weighted by atomic mass is 16.3. The number of rotatable bonds is 4. The van der Waals surface area contributed by atoms with E-state index in [1.165, 1.54) is 0 Å². The highest BCUT2D eigenvalue weighted by Gasteiger charge is 2.18. The zero-order valence-corrected chi connectivity index (χ0v) is 22.3. The van der Waals surface area contributed by atoms with Crippen molar-refractivity contribution in [2.45, 2.75) is 0 Å². The summed E-state index contributed by atoms with van der Waals surface area (Å²) in [4.78, 5) is 13.2. The molecule has 0 bridgehead atoms. The monoisotopic (exact) mass is 599 g/mol. The van der Waals surface area contributed by atoms with E-state index in [9.17, 15) is 6.85 Å². The third-order valence-electron chi connectivity index (χ3n) is 6.70. The van der Waals surface area contributed by atoms with Crippen LogP contribution in [0, 0.1) is 0 Å². The lowest BCUT2D eigenvalue weighted by Crippen LogP contribution is -2.00. The van der Waals surface area contributed by atoms with Gasteiger partial charge in [-0.3, -0.25) is 0 Å². The molecule has 0 aliphatic heterocycles. The molecule has 0 radical (unpaired) electrons. The Hall–Kier alpha value is -6.13. The van der Waals surface area contributed by atoms with E-state index < -0.39 is 228 Å². The predicted molar refractivity (Wildman–Crippen MR) is 184 cm³/mol. The van der Waals surface area contributed by atoms with Crippen molar-refractivity contribution in [2.24, 2.45) is 0 Å². The van der Waals surface area contributed by atoms with Crippen LogP contribution in [0.15, 0.2) is 156 Å². The fraction of sp³-hybridized carbons (Fsp3) is 0. The van der Waals surface area contributed by atoms with Crippen molar-refractivity contribution >= 4 is 43.5 Å². The lowest BCUT2D eigenvalue weighted by atomic mass is 10.00. The Morgan fingerprint density at radius 1 is 0.422 bits per heavy atom. The molecule has 0 fully saturated rings. The molecule has 4 nitrogen and oxygen atoms in total. The third-order valence-corrected chi connectivity index (χ3v) is 6.70. The van der Waals surface area contributed by atoms with Gasteiger partial charge in [-0.1, -0.05) is 127 Å². The zero-order chi connectivity index (χ0) is 50.6. The van der Waals surface area contributed by atoms with Crippen LogP contribution in [-0.4, -0.2) is 15.0 Å². The number of benzene rings is 7.